The second-order valence-electron chi connectivity index (χ2n) is 6.85. The summed E-state index contributed by atoms with van der Waals surface area (Å²) in [6, 6.07) is 13.1. The van der Waals surface area contributed by atoms with Crippen LogP contribution in [0.4, 0.5) is 0 Å². The molecule has 1 aliphatic rings. The fourth-order valence-electron chi connectivity index (χ4n) is 3.05. The minimum Gasteiger partial charge on any atom is -0.378 e. The summed E-state index contributed by atoms with van der Waals surface area (Å²) in [4.78, 5) is 33.5. The number of nitrogens with zero attached hydrogens (tertiary/aromatic N) is 3. The van der Waals surface area contributed by atoms with Gasteiger partial charge in [0, 0.05) is 37.4 Å². The molecule has 0 atom stereocenters. The Morgan fingerprint density at radius 1 is 1.15 bits per heavy atom. The minimum absolute atomic E-state index is 0.0121. The van der Waals surface area contributed by atoms with E-state index in [1.54, 1.807) is 21.9 Å². The lowest BCUT2D eigenvalue weighted by molar-refractivity contribution is 0.0303. The van der Waals surface area contributed by atoms with Gasteiger partial charge in [0.25, 0.3) is 11.8 Å². The topological polar surface area (TPSA) is 62.7 Å². The van der Waals surface area contributed by atoms with Gasteiger partial charge in [0.1, 0.15) is 5.69 Å². The molecule has 0 N–H and O–H groups in total. The number of hydrogen-bond donors (Lipinski definition) is 0. The van der Waals surface area contributed by atoms with Crippen molar-refractivity contribution in [3.05, 3.63) is 65.5 Å². The fourth-order valence-corrected chi connectivity index (χ4v) is 3.05. The minimum atomic E-state index is -0.175. The van der Waals surface area contributed by atoms with Gasteiger partial charge in [0.15, 0.2) is 0 Å². The second kappa shape index (κ2) is 8.77. The molecule has 142 valence electrons. The van der Waals surface area contributed by atoms with Crippen LogP contribution in [0.1, 0.15) is 40.3 Å². The van der Waals surface area contributed by atoms with E-state index < -0.39 is 0 Å². The summed E-state index contributed by atoms with van der Waals surface area (Å²) in [6.07, 6.45) is 1.53. The molecule has 3 rings (SSSR count). The highest BCUT2D eigenvalue weighted by molar-refractivity contribution is 5.98. The first-order valence-electron chi connectivity index (χ1n) is 9.24. The van der Waals surface area contributed by atoms with Gasteiger partial charge in [-0.25, -0.2) is 0 Å². The van der Waals surface area contributed by atoms with Crippen LogP contribution in [0.2, 0.25) is 0 Å². The summed E-state index contributed by atoms with van der Waals surface area (Å²) in [6.45, 7) is 6.67. The van der Waals surface area contributed by atoms with Crippen LogP contribution in [-0.4, -0.2) is 58.9 Å². The van der Waals surface area contributed by atoms with E-state index in [9.17, 15) is 9.59 Å². The Labute approximate surface area is 159 Å². The molecule has 1 aliphatic heterocycles. The number of rotatable bonds is 5. The van der Waals surface area contributed by atoms with Crippen LogP contribution in [-0.2, 0) is 11.3 Å². The van der Waals surface area contributed by atoms with Crippen molar-refractivity contribution < 1.29 is 14.3 Å². The number of carbonyl (C=O) groups excluding carboxylic acids is 2. The third-order valence-corrected chi connectivity index (χ3v) is 4.60. The third kappa shape index (κ3) is 4.71. The summed E-state index contributed by atoms with van der Waals surface area (Å²) in [5, 5.41) is 0. The van der Waals surface area contributed by atoms with Crippen LogP contribution in [0.3, 0.4) is 0 Å². The van der Waals surface area contributed by atoms with Gasteiger partial charge < -0.3 is 14.5 Å². The zero-order valence-electron chi connectivity index (χ0n) is 15.8. The van der Waals surface area contributed by atoms with Crippen molar-refractivity contribution in [1.82, 2.24) is 14.8 Å². The molecule has 0 saturated carbocycles. The number of ether oxygens (including phenoxy) is 1. The van der Waals surface area contributed by atoms with Gasteiger partial charge in [-0.15, -0.1) is 0 Å². The standard InChI is InChI=1S/C21H25N3O3/c1-16(2)24(15-17-6-4-3-5-7-17)21(26)19-14-18(8-9-22-19)20(25)23-10-12-27-13-11-23/h3-9,14,16H,10-13,15H2,1-2H3. The molecule has 0 spiro atoms. The maximum Gasteiger partial charge on any atom is 0.272 e. The SMILES string of the molecule is CC(C)N(Cc1ccccc1)C(=O)c1cc(C(=O)N2CCOCC2)ccn1. The summed E-state index contributed by atoms with van der Waals surface area (Å²) in [5.41, 5.74) is 1.83. The molecule has 0 radical (unpaired) electrons. The van der Waals surface area contributed by atoms with Crippen molar-refractivity contribution in [3.8, 4) is 0 Å². The van der Waals surface area contributed by atoms with Crippen LogP contribution in [0, 0.1) is 0 Å². The number of aromatic nitrogens is 1. The molecule has 2 heterocycles. The first-order valence-corrected chi connectivity index (χ1v) is 9.24. The fraction of sp³-hybridized carbons (Fsp3) is 0.381. The largest absolute Gasteiger partial charge is 0.378 e. The molecule has 1 saturated heterocycles. The predicted octanol–water partition coefficient (Wildman–Crippen LogP) is 2.60. The normalized spacial score (nSPS) is 14.3. The first-order chi connectivity index (χ1) is 13.1. The highest BCUT2D eigenvalue weighted by atomic mass is 16.5. The van der Waals surface area contributed by atoms with Crippen LogP contribution < -0.4 is 0 Å². The molecule has 27 heavy (non-hydrogen) atoms. The number of amides is 2. The highest BCUT2D eigenvalue weighted by Gasteiger charge is 2.23. The molecule has 0 unspecified atom stereocenters. The summed E-state index contributed by atoms with van der Waals surface area (Å²) < 4.78 is 5.30. The van der Waals surface area contributed by atoms with Gasteiger partial charge in [0.2, 0.25) is 0 Å². The van der Waals surface area contributed by atoms with Gasteiger partial charge in [-0.3, -0.25) is 14.6 Å². The molecular formula is C21H25N3O3. The predicted molar refractivity (Wildman–Crippen MR) is 102 cm³/mol. The Morgan fingerprint density at radius 3 is 2.52 bits per heavy atom. The van der Waals surface area contributed by atoms with Crippen molar-refractivity contribution in [2.45, 2.75) is 26.4 Å². The van der Waals surface area contributed by atoms with Gasteiger partial charge in [-0.2, -0.15) is 0 Å². The van der Waals surface area contributed by atoms with E-state index in [4.69, 9.17) is 4.74 Å². The molecule has 1 aromatic carbocycles. The smallest absolute Gasteiger partial charge is 0.272 e. The van der Waals surface area contributed by atoms with E-state index in [2.05, 4.69) is 4.98 Å². The lowest BCUT2D eigenvalue weighted by Crippen LogP contribution is -2.41. The number of pyridine rings is 1. The maximum atomic E-state index is 13.1. The lowest BCUT2D eigenvalue weighted by Gasteiger charge is -2.28. The lowest BCUT2D eigenvalue weighted by atomic mass is 10.1. The Kier molecular flexibility index (Phi) is 6.19. The van der Waals surface area contributed by atoms with Gasteiger partial charge in [-0.1, -0.05) is 30.3 Å². The van der Waals surface area contributed by atoms with Crippen molar-refractivity contribution in [2.75, 3.05) is 26.3 Å². The van der Waals surface area contributed by atoms with Crippen LogP contribution in [0.5, 0.6) is 0 Å². The van der Waals surface area contributed by atoms with E-state index in [1.165, 1.54) is 6.20 Å². The quantitative estimate of drug-likeness (QED) is 0.815. The molecule has 0 bridgehead atoms. The van der Waals surface area contributed by atoms with Gasteiger partial charge >= 0.3 is 0 Å². The highest BCUT2D eigenvalue weighted by Crippen LogP contribution is 2.14. The summed E-state index contributed by atoms with van der Waals surface area (Å²) >= 11 is 0. The number of hydrogen-bond acceptors (Lipinski definition) is 4. The Balaban J connectivity index is 1.79. The summed E-state index contributed by atoms with van der Waals surface area (Å²) in [7, 11) is 0. The van der Waals surface area contributed by atoms with Crippen molar-refractivity contribution >= 4 is 11.8 Å². The molecule has 6 nitrogen and oxygen atoms in total. The monoisotopic (exact) mass is 367 g/mol. The summed E-state index contributed by atoms with van der Waals surface area (Å²) in [5.74, 6) is -0.264. The Morgan fingerprint density at radius 2 is 1.85 bits per heavy atom. The van der Waals surface area contributed by atoms with E-state index in [0.717, 1.165) is 5.56 Å². The maximum absolute atomic E-state index is 13.1. The van der Waals surface area contributed by atoms with Gasteiger partial charge in [0.05, 0.1) is 13.2 Å². The Hall–Kier alpha value is -2.73. The van der Waals surface area contributed by atoms with Crippen molar-refractivity contribution in [1.29, 1.82) is 0 Å². The number of morpholine rings is 1. The first kappa shape index (κ1) is 19.0. The molecule has 6 heteroatoms. The van der Waals surface area contributed by atoms with E-state index in [0.29, 0.717) is 44.1 Å². The molecule has 1 aromatic heterocycles. The van der Waals surface area contributed by atoms with Crippen molar-refractivity contribution in [2.24, 2.45) is 0 Å². The zero-order chi connectivity index (χ0) is 19.2. The number of benzene rings is 1. The molecule has 1 fully saturated rings. The van der Waals surface area contributed by atoms with Crippen molar-refractivity contribution in [3.63, 3.8) is 0 Å². The molecule has 0 aliphatic carbocycles. The van der Waals surface area contributed by atoms with Crippen LogP contribution in [0.25, 0.3) is 0 Å². The zero-order valence-corrected chi connectivity index (χ0v) is 15.8. The average Bonchev–Trinajstić information content (AvgIpc) is 2.72. The van der Waals surface area contributed by atoms with E-state index in [-0.39, 0.29) is 17.9 Å². The average molecular weight is 367 g/mol. The van der Waals surface area contributed by atoms with Gasteiger partial charge in [-0.05, 0) is 31.5 Å². The van der Waals surface area contributed by atoms with E-state index in [1.807, 2.05) is 44.2 Å². The van der Waals surface area contributed by atoms with Crippen LogP contribution in [0.15, 0.2) is 48.7 Å². The molecule has 2 aromatic rings. The Bertz CT molecular complexity index is 786. The molecule has 2 amide bonds. The van der Waals surface area contributed by atoms with Crippen LogP contribution >= 0.6 is 0 Å². The third-order valence-electron chi connectivity index (χ3n) is 4.60. The molecular weight excluding hydrogens is 342 g/mol. The number of carbonyl (C=O) groups is 2. The second-order valence-corrected chi connectivity index (χ2v) is 6.85. The van der Waals surface area contributed by atoms with E-state index >= 15 is 0 Å².